The van der Waals surface area contributed by atoms with E-state index in [1.165, 1.54) is 0 Å². The molecule has 1 fully saturated rings. The maximum Gasteiger partial charge on any atom is 0.251 e. The highest BCUT2D eigenvalue weighted by Crippen LogP contribution is 2.32. The van der Waals surface area contributed by atoms with E-state index in [2.05, 4.69) is 5.32 Å². The number of rotatable bonds is 4. The smallest absolute Gasteiger partial charge is 0.251 e. The van der Waals surface area contributed by atoms with Gasteiger partial charge in [-0.25, -0.2) is 0 Å². The van der Waals surface area contributed by atoms with E-state index in [-0.39, 0.29) is 12.0 Å². The lowest BCUT2D eigenvalue weighted by atomic mass is 10.1. The van der Waals surface area contributed by atoms with Crippen molar-refractivity contribution < 1.29 is 9.90 Å². The summed E-state index contributed by atoms with van der Waals surface area (Å²) in [6.45, 7) is 2.27. The van der Waals surface area contributed by atoms with E-state index in [1.807, 2.05) is 25.1 Å². The van der Waals surface area contributed by atoms with E-state index in [0.29, 0.717) is 18.0 Å². The second-order valence-electron chi connectivity index (χ2n) is 4.43. The topological polar surface area (TPSA) is 49.3 Å². The van der Waals surface area contributed by atoms with Crippen molar-refractivity contribution in [3.63, 3.8) is 0 Å². The lowest BCUT2D eigenvalue weighted by Gasteiger charge is -2.11. The molecule has 1 aliphatic carbocycles. The van der Waals surface area contributed by atoms with Gasteiger partial charge in [-0.2, -0.15) is 0 Å². The zero-order valence-corrected chi connectivity index (χ0v) is 9.44. The van der Waals surface area contributed by atoms with Gasteiger partial charge in [0.25, 0.3) is 5.91 Å². The van der Waals surface area contributed by atoms with Crippen LogP contribution in [0.25, 0.3) is 0 Å². The quantitative estimate of drug-likeness (QED) is 0.806. The molecule has 16 heavy (non-hydrogen) atoms. The van der Waals surface area contributed by atoms with Crippen molar-refractivity contribution in [2.45, 2.75) is 25.9 Å². The van der Waals surface area contributed by atoms with Crippen molar-refractivity contribution in [3.05, 3.63) is 35.4 Å². The van der Waals surface area contributed by atoms with Gasteiger partial charge >= 0.3 is 0 Å². The fourth-order valence-corrected chi connectivity index (χ4v) is 1.77. The molecule has 3 heteroatoms. The second-order valence-corrected chi connectivity index (χ2v) is 4.43. The van der Waals surface area contributed by atoms with Crippen LogP contribution < -0.4 is 5.32 Å². The third-order valence-electron chi connectivity index (χ3n) is 3.03. The van der Waals surface area contributed by atoms with Crippen molar-refractivity contribution in [1.29, 1.82) is 0 Å². The summed E-state index contributed by atoms with van der Waals surface area (Å²) >= 11 is 0. The van der Waals surface area contributed by atoms with Gasteiger partial charge in [-0.1, -0.05) is 18.2 Å². The molecule has 86 valence electrons. The van der Waals surface area contributed by atoms with Crippen molar-refractivity contribution in [2.24, 2.45) is 5.92 Å². The Balaban J connectivity index is 1.90. The largest absolute Gasteiger partial charge is 0.391 e. The summed E-state index contributed by atoms with van der Waals surface area (Å²) in [5.41, 5.74) is 1.64. The number of aryl methyl sites for hydroxylation is 1. The SMILES string of the molecule is Cc1ccccc1C(=O)NCC(O)C1CC1. The highest BCUT2D eigenvalue weighted by molar-refractivity contribution is 5.95. The van der Waals surface area contributed by atoms with Crippen molar-refractivity contribution >= 4 is 5.91 Å². The maximum absolute atomic E-state index is 11.8. The fraction of sp³-hybridized carbons (Fsp3) is 0.462. The zero-order valence-electron chi connectivity index (χ0n) is 9.44. The van der Waals surface area contributed by atoms with Crippen LogP contribution in [0.3, 0.4) is 0 Å². The number of benzene rings is 1. The predicted octanol–water partition coefficient (Wildman–Crippen LogP) is 1.50. The van der Waals surface area contributed by atoms with E-state index in [9.17, 15) is 9.90 Å². The first-order valence-electron chi connectivity index (χ1n) is 5.70. The van der Waals surface area contributed by atoms with E-state index in [4.69, 9.17) is 0 Å². The number of carbonyl (C=O) groups is 1. The Morgan fingerprint density at radius 1 is 1.50 bits per heavy atom. The molecule has 1 atom stereocenters. The highest BCUT2D eigenvalue weighted by atomic mass is 16.3. The van der Waals surface area contributed by atoms with Gasteiger partial charge in [0.1, 0.15) is 0 Å². The Morgan fingerprint density at radius 3 is 2.81 bits per heavy atom. The fourth-order valence-electron chi connectivity index (χ4n) is 1.77. The van der Waals surface area contributed by atoms with Crippen LogP contribution in [0.4, 0.5) is 0 Å². The zero-order chi connectivity index (χ0) is 11.5. The van der Waals surface area contributed by atoms with Gasteiger partial charge in [-0.05, 0) is 37.3 Å². The van der Waals surface area contributed by atoms with E-state index < -0.39 is 0 Å². The molecule has 2 rings (SSSR count). The molecule has 3 nitrogen and oxygen atoms in total. The van der Waals surface area contributed by atoms with Crippen LogP contribution in [0.2, 0.25) is 0 Å². The van der Waals surface area contributed by atoms with Gasteiger partial charge in [-0.15, -0.1) is 0 Å². The number of carbonyl (C=O) groups excluding carboxylic acids is 1. The summed E-state index contributed by atoms with van der Waals surface area (Å²) in [6.07, 6.45) is 1.79. The summed E-state index contributed by atoms with van der Waals surface area (Å²) in [4.78, 5) is 11.8. The first-order chi connectivity index (χ1) is 7.68. The standard InChI is InChI=1S/C13H17NO2/c1-9-4-2-3-5-11(9)13(16)14-8-12(15)10-6-7-10/h2-5,10,12,15H,6-8H2,1H3,(H,14,16). The monoisotopic (exact) mass is 219 g/mol. The molecule has 0 spiro atoms. The number of amides is 1. The van der Waals surface area contributed by atoms with E-state index >= 15 is 0 Å². The number of aliphatic hydroxyl groups is 1. The Labute approximate surface area is 95.5 Å². The highest BCUT2D eigenvalue weighted by Gasteiger charge is 2.29. The van der Waals surface area contributed by atoms with Crippen LogP contribution in [-0.2, 0) is 0 Å². The van der Waals surface area contributed by atoms with Gasteiger partial charge in [0.2, 0.25) is 0 Å². The Hall–Kier alpha value is -1.35. The number of hydrogen-bond donors (Lipinski definition) is 2. The summed E-state index contributed by atoms with van der Waals surface area (Å²) < 4.78 is 0. The summed E-state index contributed by atoms with van der Waals surface area (Å²) in [7, 11) is 0. The minimum atomic E-state index is -0.382. The molecular formula is C13H17NO2. The number of aliphatic hydroxyl groups excluding tert-OH is 1. The molecule has 1 saturated carbocycles. The molecule has 1 aliphatic rings. The molecule has 2 N–H and O–H groups in total. The molecule has 1 amide bonds. The molecule has 1 unspecified atom stereocenters. The van der Waals surface area contributed by atoms with Gasteiger partial charge in [-0.3, -0.25) is 4.79 Å². The summed E-state index contributed by atoms with van der Waals surface area (Å²) in [5, 5.41) is 12.4. The van der Waals surface area contributed by atoms with Crippen LogP contribution in [0, 0.1) is 12.8 Å². The Bertz CT molecular complexity index is 385. The third-order valence-corrected chi connectivity index (χ3v) is 3.03. The average Bonchev–Trinajstić information content (AvgIpc) is 3.10. The van der Waals surface area contributed by atoms with Gasteiger partial charge < -0.3 is 10.4 Å². The molecule has 1 aromatic rings. The van der Waals surface area contributed by atoms with Crippen molar-refractivity contribution in [3.8, 4) is 0 Å². The van der Waals surface area contributed by atoms with Crippen LogP contribution in [-0.4, -0.2) is 23.7 Å². The Morgan fingerprint density at radius 2 is 2.19 bits per heavy atom. The lowest BCUT2D eigenvalue weighted by molar-refractivity contribution is 0.0900. The van der Waals surface area contributed by atoms with Crippen LogP contribution >= 0.6 is 0 Å². The molecular weight excluding hydrogens is 202 g/mol. The normalized spacial score (nSPS) is 16.9. The molecule has 0 bridgehead atoms. The Kier molecular flexibility index (Phi) is 3.25. The average molecular weight is 219 g/mol. The first kappa shape index (κ1) is 11.1. The van der Waals surface area contributed by atoms with Crippen molar-refractivity contribution in [1.82, 2.24) is 5.32 Å². The van der Waals surface area contributed by atoms with Gasteiger partial charge in [0.05, 0.1) is 6.10 Å². The van der Waals surface area contributed by atoms with Gasteiger partial charge in [0.15, 0.2) is 0 Å². The van der Waals surface area contributed by atoms with Crippen molar-refractivity contribution in [2.75, 3.05) is 6.54 Å². The van der Waals surface area contributed by atoms with E-state index in [0.717, 1.165) is 18.4 Å². The molecule has 1 aromatic carbocycles. The third kappa shape index (κ3) is 2.61. The van der Waals surface area contributed by atoms with Crippen LogP contribution in [0.5, 0.6) is 0 Å². The maximum atomic E-state index is 11.8. The first-order valence-corrected chi connectivity index (χ1v) is 5.70. The number of hydrogen-bond acceptors (Lipinski definition) is 2. The second kappa shape index (κ2) is 4.66. The molecule has 0 heterocycles. The number of nitrogens with one attached hydrogen (secondary N) is 1. The molecule has 0 aliphatic heterocycles. The van der Waals surface area contributed by atoms with Gasteiger partial charge in [0, 0.05) is 12.1 Å². The lowest BCUT2D eigenvalue weighted by Crippen LogP contribution is -2.33. The van der Waals surface area contributed by atoms with Crippen LogP contribution in [0.15, 0.2) is 24.3 Å². The summed E-state index contributed by atoms with van der Waals surface area (Å²) in [5.74, 6) is 0.301. The summed E-state index contributed by atoms with van der Waals surface area (Å²) in [6, 6.07) is 7.46. The minimum absolute atomic E-state index is 0.0993. The van der Waals surface area contributed by atoms with Crippen LogP contribution in [0.1, 0.15) is 28.8 Å². The molecule has 0 saturated heterocycles. The molecule has 0 aromatic heterocycles. The molecule has 0 radical (unpaired) electrons. The predicted molar refractivity (Wildman–Crippen MR) is 62.2 cm³/mol. The minimum Gasteiger partial charge on any atom is -0.391 e. The van der Waals surface area contributed by atoms with E-state index in [1.54, 1.807) is 6.07 Å².